The van der Waals surface area contributed by atoms with E-state index in [9.17, 15) is 18.4 Å². The van der Waals surface area contributed by atoms with Gasteiger partial charge >= 0.3 is 0 Å². The maximum atomic E-state index is 14.2. The average molecular weight is 437 g/mol. The number of rotatable bonds is 3. The van der Waals surface area contributed by atoms with E-state index in [1.54, 1.807) is 24.0 Å². The van der Waals surface area contributed by atoms with Crippen LogP contribution in [0.2, 0.25) is 0 Å². The van der Waals surface area contributed by atoms with Crippen molar-refractivity contribution < 1.29 is 18.4 Å². The molecule has 0 bridgehead atoms. The highest BCUT2D eigenvalue weighted by Gasteiger charge is 2.57. The van der Waals surface area contributed by atoms with Crippen LogP contribution in [0.25, 0.3) is 0 Å². The van der Waals surface area contributed by atoms with Crippen molar-refractivity contribution in [1.29, 1.82) is 0 Å². The van der Waals surface area contributed by atoms with Crippen LogP contribution in [0.1, 0.15) is 32.4 Å². The van der Waals surface area contributed by atoms with Gasteiger partial charge in [0.05, 0.1) is 11.0 Å². The predicted octanol–water partition coefficient (Wildman–Crippen LogP) is 2.56. The molecule has 7 nitrogen and oxygen atoms in total. The van der Waals surface area contributed by atoms with Gasteiger partial charge < -0.3 is 9.80 Å². The molecule has 32 heavy (non-hydrogen) atoms. The number of H-pyrrole nitrogens is 1. The van der Waals surface area contributed by atoms with Crippen molar-refractivity contribution in [2.24, 2.45) is 5.92 Å². The molecule has 2 saturated heterocycles. The third-order valence-corrected chi connectivity index (χ3v) is 6.41. The predicted molar refractivity (Wildman–Crippen MR) is 111 cm³/mol. The number of carbonyl (C=O) groups is 2. The second-order valence-corrected chi connectivity index (χ2v) is 8.46. The van der Waals surface area contributed by atoms with Crippen LogP contribution in [0.5, 0.6) is 0 Å². The molecule has 1 aromatic heterocycles. The van der Waals surface area contributed by atoms with Crippen LogP contribution in [0, 0.1) is 24.5 Å². The minimum absolute atomic E-state index is 0.0966. The first-order valence-corrected chi connectivity index (χ1v) is 10.4. The minimum Gasteiger partial charge on any atom is -0.337 e. The van der Waals surface area contributed by atoms with Crippen molar-refractivity contribution >= 4 is 11.8 Å². The summed E-state index contributed by atoms with van der Waals surface area (Å²) < 4.78 is 27.9. The number of nitrogens with one attached hydrogen (secondary N) is 1. The fourth-order valence-corrected chi connectivity index (χ4v) is 4.85. The molecule has 2 aliphatic heterocycles. The number of aromatic amines is 1. The van der Waals surface area contributed by atoms with Gasteiger partial charge in [0.15, 0.2) is 5.82 Å². The number of likely N-dealkylation sites (tertiary alicyclic amines) is 2. The molecule has 0 radical (unpaired) electrons. The quantitative estimate of drug-likeness (QED) is 0.683. The Balaban J connectivity index is 1.46. The van der Waals surface area contributed by atoms with Gasteiger partial charge in [0.2, 0.25) is 0 Å². The molecule has 2 fully saturated rings. The zero-order valence-corrected chi connectivity index (χ0v) is 17.4. The number of carbonyl (C=O) groups excluding carboxylic acids is 2. The number of hydrogen-bond acceptors (Lipinski definition) is 4. The zero-order valence-electron chi connectivity index (χ0n) is 17.4. The zero-order chi connectivity index (χ0) is 22.5. The highest BCUT2D eigenvalue weighted by Crippen LogP contribution is 2.44. The number of aromatic nitrogens is 3. The van der Waals surface area contributed by atoms with Gasteiger partial charge in [0, 0.05) is 37.7 Å². The average Bonchev–Trinajstić information content (AvgIpc) is 3.47. The first-order valence-electron chi connectivity index (χ1n) is 10.4. The largest absolute Gasteiger partial charge is 0.337 e. The van der Waals surface area contributed by atoms with Crippen LogP contribution >= 0.6 is 0 Å². The summed E-state index contributed by atoms with van der Waals surface area (Å²) in [5.74, 6) is -1.10. The van der Waals surface area contributed by atoms with E-state index < -0.39 is 23.0 Å². The third-order valence-electron chi connectivity index (χ3n) is 6.41. The van der Waals surface area contributed by atoms with Crippen LogP contribution in [-0.4, -0.2) is 63.0 Å². The summed E-state index contributed by atoms with van der Waals surface area (Å²) in [7, 11) is 0. The van der Waals surface area contributed by atoms with Crippen molar-refractivity contribution in [3.05, 3.63) is 82.9 Å². The van der Waals surface area contributed by atoms with Crippen molar-refractivity contribution in [2.45, 2.75) is 12.3 Å². The van der Waals surface area contributed by atoms with E-state index in [4.69, 9.17) is 0 Å². The van der Waals surface area contributed by atoms with Crippen molar-refractivity contribution in [1.82, 2.24) is 25.0 Å². The van der Waals surface area contributed by atoms with Gasteiger partial charge in [-0.3, -0.25) is 14.7 Å². The van der Waals surface area contributed by atoms with Crippen LogP contribution in [-0.2, 0) is 5.41 Å². The van der Waals surface area contributed by atoms with Crippen molar-refractivity contribution in [3.63, 3.8) is 0 Å². The van der Waals surface area contributed by atoms with Crippen LogP contribution in [0.15, 0.2) is 48.5 Å². The maximum Gasteiger partial charge on any atom is 0.256 e. The molecule has 2 aliphatic rings. The minimum atomic E-state index is -0.767. The molecule has 3 heterocycles. The van der Waals surface area contributed by atoms with Crippen LogP contribution in [0.4, 0.5) is 8.78 Å². The third kappa shape index (κ3) is 3.24. The van der Waals surface area contributed by atoms with E-state index in [1.807, 2.05) is 18.2 Å². The van der Waals surface area contributed by atoms with Crippen molar-refractivity contribution in [2.75, 3.05) is 26.2 Å². The van der Waals surface area contributed by atoms with Gasteiger partial charge in [0.25, 0.3) is 11.8 Å². The molecule has 2 amide bonds. The van der Waals surface area contributed by atoms with E-state index in [0.29, 0.717) is 36.8 Å². The molecular weight excluding hydrogens is 416 g/mol. The molecule has 0 aliphatic carbocycles. The molecule has 164 valence electrons. The maximum absolute atomic E-state index is 14.2. The number of benzene rings is 2. The Morgan fingerprint density at radius 3 is 2.38 bits per heavy atom. The molecule has 0 spiro atoms. The van der Waals surface area contributed by atoms with E-state index in [-0.39, 0.29) is 23.9 Å². The number of fused-ring (bicyclic) bond motifs is 1. The summed E-state index contributed by atoms with van der Waals surface area (Å²) in [5, 5.41) is 7.19. The molecule has 5 rings (SSSR count). The van der Waals surface area contributed by atoms with Gasteiger partial charge in [-0.1, -0.05) is 18.2 Å². The molecule has 2 atom stereocenters. The van der Waals surface area contributed by atoms with Gasteiger partial charge in [0.1, 0.15) is 17.5 Å². The Morgan fingerprint density at radius 1 is 1.03 bits per heavy atom. The Hall–Kier alpha value is -3.62. The fourth-order valence-electron chi connectivity index (χ4n) is 4.85. The summed E-state index contributed by atoms with van der Waals surface area (Å²) in [4.78, 5) is 33.9. The van der Waals surface area contributed by atoms with Crippen LogP contribution < -0.4 is 0 Å². The molecule has 0 unspecified atom stereocenters. The van der Waals surface area contributed by atoms with Gasteiger partial charge in [-0.25, -0.2) is 13.8 Å². The number of nitrogens with zero attached hydrogens (tertiary/aromatic N) is 4. The van der Waals surface area contributed by atoms with Gasteiger partial charge in [-0.2, -0.15) is 5.10 Å². The van der Waals surface area contributed by atoms with E-state index in [0.717, 1.165) is 18.2 Å². The van der Waals surface area contributed by atoms with E-state index >= 15 is 0 Å². The molecule has 9 heteroatoms. The van der Waals surface area contributed by atoms with E-state index in [2.05, 4.69) is 15.2 Å². The molecule has 1 N–H and O–H groups in total. The first-order chi connectivity index (χ1) is 15.4. The summed E-state index contributed by atoms with van der Waals surface area (Å²) in [5.41, 5.74) is -0.402. The molecule has 3 aromatic rings. The lowest BCUT2D eigenvalue weighted by Crippen LogP contribution is -2.42. The Morgan fingerprint density at radius 2 is 1.72 bits per heavy atom. The van der Waals surface area contributed by atoms with E-state index in [1.165, 1.54) is 4.90 Å². The first kappa shape index (κ1) is 20.3. The standard InChI is InChI=1S/C23H21F2N5O2/c1-14-26-22(28-27-14)23-12-29(20(31)15-5-3-2-4-6-15)10-16(23)11-30(13-23)21(32)18-9-17(24)7-8-19(18)25/h2-9,16H,10-13H2,1H3,(H,26,27,28)/t16-,23-/m0/s1. The molecule has 2 aromatic carbocycles. The smallest absolute Gasteiger partial charge is 0.256 e. The Labute approximate surface area is 183 Å². The summed E-state index contributed by atoms with van der Waals surface area (Å²) in [6.45, 7) is 3.03. The fraction of sp³-hybridized carbons (Fsp3) is 0.304. The monoisotopic (exact) mass is 437 g/mol. The van der Waals surface area contributed by atoms with Crippen molar-refractivity contribution in [3.8, 4) is 0 Å². The Bertz CT molecular complexity index is 1200. The SMILES string of the molecule is Cc1nc([C@]23CN(C(=O)c4ccccc4)C[C@H]2CN(C(=O)c2cc(F)ccc2F)C3)n[nH]1. The molecule has 0 saturated carbocycles. The van der Waals surface area contributed by atoms with Gasteiger partial charge in [-0.15, -0.1) is 0 Å². The normalized spacial score (nSPS) is 22.3. The summed E-state index contributed by atoms with van der Waals surface area (Å²) in [6.07, 6.45) is 0. The lowest BCUT2D eigenvalue weighted by molar-refractivity contribution is 0.0729. The topological polar surface area (TPSA) is 82.2 Å². The highest BCUT2D eigenvalue weighted by atomic mass is 19.1. The number of aryl methyl sites for hydroxylation is 1. The second kappa shape index (κ2) is 7.51. The highest BCUT2D eigenvalue weighted by molar-refractivity contribution is 5.96. The number of amides is 2. The second-order valence-electron chi connectivity index (χ2n) is 8.46. The van der Waals surface area contributed by atoms with Crippen LogP contribution in [0.3, 0.4) is 0 Å². The van der Waals surface area contributed by atoms with Gasteiger partial charge in [-0.05, 0) is 37.3 Å². The summed E-state index contributed by atoms with van der Waals surface area (Å²) in [6, 6.07) is 11.9. The summed E-state index contributed by atoms with van der Waals surface area (Å²) >= 11 is 0. The Kier molecular flexibility index (Phi) is 4.76. The molecular formula is C23H21F2N5O2. The number of hydrogen-bond donors (Lipinski definition) is 1. The number of halogens is 2. The lowest BCUT2D eigenvalue weighted by atomic mass is 9.80. The lowest BCUT2D eigenvalue weighted by Gasteiger charge is -2.27.